The molecule has 2 bridgehead atoms. The molecule has 1 amide bonds. The zero-order valence-electron chi connectivity index (χ0n) is 46.5. The van der Waals surface area contributed by atoms with Crippen molar-refractivity contribution in [3.8, 4) is 0 Å². The smallest absolute Gasteiger partial charge is 0.329 e. The van der Waals surface area contributed by atoms with Crippen molar-refractivity contribution in [1.29, 1.82) is 0 Å². The van der Waals surface area contributed by atoms with E-state index in [0.29, 0.717) is 38.0 Å². The van der Waals surface area contributed by atoms with E-state index in [2.05, 4.69) is 121 Å². The van der Waals surface area contributed by atoms with Crippen LogP contribution in [-0.4, -0.2) is 116 Å². The van der Waals surface area contributed by atoms with Gasteiger partial charge in [0.15, 0.2) is 22.7 Å². The Balaban J connectivity index is 1.86. The number of rotatable bonds is 11. The van der Waals surface area contributed by atoms with Gasteiger partial charge in [-0.15, -0.1) is 6.58 Å². The van der Waals surface area contributed by atoms with E-state index < -0.39 is 58.8 Å². The highest BCUT2D eigenvalue weighted by molar-refractivity contribution is 6.74. The van der Waals surface area contributed by atoms with Crippen LogP contribution in [0.2, 0.25) is 36.3 Å². The van der Waals surface area contributed by atoms with Crippen LogP contribution in [-0.2, 0) is 46.9 Å². The van der Waals surface area contributed by atoms with Crippen LogP contribution in [0.4, 0.5) is 0 Å². The molecule has 3 heterocycles. The lowest BCUT2D eigenvalue weighted by molar-refractivity contribution is -0.162. The molecule has 394 valence electrons. The molecule has 0 spiro atoms. The number of carbonyl (C=O) groups is 3. The van der Waals surface area contributed by atoms with Gasteiger partial charge in [-0.2, -0.15) is 0 Å². The van der Waals surface area contributed by atoms with E-state index in [1.807, 2.05) is 6.08 Å². The third kappa shape index (κ3) is 15.6. The Kier molecular flexibility index (Phi) is 21.5. The molecule has 3 fully saturated rings. The van der Waals surface area contributed by atoms with Crippen LogP contribution in [0.3, 0.4) is 0 Å². The molecule has 2 saturated heterocycles. The Morgan fingerprint density at radius 2 is 1.38 bits per heavy atom. The zero-order chi connectivity index (χ0) is 51.8. The third-order valence-electron chi connectivity index (χ3n) is 16.9. The van der Waals surface area contributed by atoms with Crippen LogP contribution in [0.15, 0.2) is 47.8 Å². The third-order valence-corrected chi connectivity index (χ3v) is 25.9. The first kappa shape index (κ1) is 59.2. The molecular formula is C56H97NO10Si2. The number of methoxy groups -OCH3 is 3. The number of carbonyl (C=O) groups excluding carboxylic acids is 3. The van der Waals surface area contributed by atoms with Gasteiger partial charge in [0.1, 0.15) is 23.7 Å². The number of ether oxygens (including phenoxy) is 5. The van der Waals surface area contributed by atoms with Crippen molar-refractivity contribution in [2.75, 3.05) is 27.9 Å². The Morgan fingerprint density at radius 1 is 0.783 bits per heavy atom. The van der Waals surface area contributed by atoms with Gasteiger partial charge in [0.05, 0.1) is 30.5 Å². The molecule has 13 heteroatoms. The van der Waals surface area contributed by atoms with Gasteiger partial charge in [-0.25, -0.2) is 4.79 Å². The van der Waals surface area contributed by atoms with Crippen molar-refractivity contribution in [2.24, 2.45) is 29.6 Å². The summed E-state index contributed by atoms with van der Waals surface area (Å²) in [5, 5.41) is -0.0757. The Labute approximate surface area is 421 Å². The number of cyclic esters (lactones) is 1. The lowest BCUT2D eigenvalue weighted by Crippen LogP contribution is -2.51. The van der Waals surface area contributed by atoms with E-state index in [1.165, 1.54) is 0 Å². The molecule has 69 heavy (non-hydrogen) atoms. The number of allylic oxidation sites excluding steroid dienone is 5. The highest BCUT2D eigenvalue weighted by Gasteiger charge is 2.46. The van der Waals surface area contributed by atoms with Crippen LogP contribution in [0.1, 0.15) is 147 Å². The molecule has 0 N–H and O–H groups in total. The fourth-order valence-electron chi connectivity index (χ4n) is 10.5. The maximum Gasteiger partial charge on any atom is 0.329 e. The van der Waals surface area contributed by atoms with Gasteiger partial charge in [-0.1, -0.05) is 86.1 Å². The molecule has 3 aliphatic heterocycles. The second kappa shape index (κ2) is 25.0. The SMILES string of the molecule is C=CC[C@@H]1/C=C(\C)C[C@H](C)C[C@H](OC)[C@H]2O/C(=C/C(=O)N3CCCC[C@H]3C(=O)O[C@H](/C(C)=C/[C@@H]3CC[C@@H](O[Si](C)(C)C(C)(C)C)[C@H](OC)C3)[C@H](C)[C@@H](O[Si](C)(C)C(C)(C)C)CC1=O)[C@@H](C)C[C@@H]2OC. The molecule has 11 nitrogen and oxygen atoms in total. The van der Waals surface area contributed by atoms with Gasteiger partial charge < -0.3 is 37.4 Å². The molecule has 4 aliphatic rings. The van der Waals surface area contributed by atoms with Gasteiger partial charge in [-0.3, -0.25) is 9.59 Å². The Bertz CT molecular complexity index is 1830. The van der Waals surface area contributed by atoms with Crippen molar-refractivity contribution < 1.29 is 46.9 Å². The molecule has 0 radical (unpaired) electrons. The number of fused-ring (bicyclic) bond motifs is 3. The molecule has 0 aromatic rings. The topological polar surface area (TPSA) is 119 Å². The van der Waals surface area contributed by atoms with Crippen molar-refractivity contribution in [3.63, 3.8) is 0 Å². The maximum atomic E-state index is 15.0. The maximum absolute atomic E-state index is 15.0. The first-order chi connectivity index (χ1) is 32.1. The van der Waals surface area contributed by atoms with Gasteiger partial charge in [0.25, 0.3) is 5.91 Å². The Hall–Kier alpha value is -2.40. The van der Waals surface area contributed by atoms with Crippen LogP contribution in [0, 0.1) is 29.6 Å². The monoisotopic (exact) mass is 1000 g/mol. The second-order valence-electron chi connectivity index (χ2n) is 24.5. The van der Waals surface area contributed by atoms with Crippen LogP contribution in [0.5, 0.6) is 0 Å². The second-order valence-corrected chi connectivity index (χ2v) is 34.0. The molecule has 0 unspecified atom stereocenters. The fraction of sp³-hybridized carbons (Fsp3) is 0.804. The minimum atomic E-state index is -2.49. The van der Waals surface area contributed by atoms with Crippen molar-refractivity contribution >= 4 is 34.3 Å². The standard InChI is InChI=1S/C56H97NO10Si2/c1-20-23-42-29-36(2)28-37(3)30-49(62-14)53-50(63-15)32-38(4)46(64-53)35-51(59)57-27-22-21-24-43(57)54(60)65-52(40(6)47(34-44(42)58)67-69(18,19)56(10,11)12)39(5)31-41-25-26-45(48(33-41)61-13)66-68(16,17)55(7,8)9/h20,29,31,35,37-38,40-43,45,47-50,52-53H,1,21-28,30,32-34H2,2-19H3/b36-29+,39-31+,46-35+/t37-,38-,40+,41-,42+,43-,45+,47-,48+,49-,50-,52+,53+/m0/s1. The molecule has 1 aliphatic carbocycles. The summed E-state index contributed by atoms with van der Waals surface area (Å²) in [5.74, 6) is -0.619. The summed E-state index contributed by atoms with van der Waals surface area (Å²) in [6.45, 7) is 37.5. The molecule has 0 aromatic carbocycles. The number of ketones is 1. The highest BCUT2D eigenvalue weighted by Crippen LogP contribution is 2.43. The summed E-state index contributed by atoms with van der Waals surface area (Å²) in [7, 11) is 0.634. The number of hydrogen-bond acceptors (Lipinski definition) is 10. The van der Waals surface area contributed by atoms with Crippen molar-refractivity contribution in [2.45, 2.75) is 232 Å². The predicted octanol–water partition coefficient (Wildman–Crippen LogP) is 12.3. The first-order valence-corrected chi connectivity index (χ1v) is 32.2. The summed E-state index contributed by atoms with van der Waals surface area (Å²) < 4.78 is 46.2. The fourth-order valence-corrected chi connectivity index (χ4v) is 13.3. The van der Waals surface area contributed by atoms with Crippen LogP contribution >= 0.6 is 0 Å². The van der Waals surface area contributed by atoms with Gasteiger partial charge in [0, 0.05) is 58.1 Å². The quantitative estimate of drug-likeness (QED) is 0.112. The van der Waals surface area contributed by atoms with Crippen LogP contribution in [0.25, 0.3) is 0 Å². The van der Waals surface area contributed by atoms with Crippen LogP contribution < -0.4 is 0 Å². The van der Waals surface area contributed by atoms with Gasteiger partial charge >= 0.3 is 5.97 Å². The number of Topliss-reactive ketones (excluding diaryl/α,β-unsaturated/α-hetero) is 1. The molecular weight excluding hydrogens is 903 g/mol. The van der Waals surface area contributed by atoms with Gasteiger partial charge in [-0.05, 0) is 132 Å². The van der Waals surface area contributed by atoms with Crippen molar-refractivity contribution in [1.82, 2.24) is 4.90 Å². The summed E-state index contributed by atoms with van der Waals surface area (Å²) in [6, 6.07) is -0.791. The average Bonchev–Trinajstić information content (AvgIpc) is 3.26. The first-order valence-electron chi connectivity index (χ1n) is 26.4. The predicted molar refractivity (Wildman–Crippen MR) is 283 cm³/mol. The molecule has 13 atom stereocenters. The summed E-state index contributed by atoms with van der Waals surface area (Å²) >= 11 is 0. The van der Waals surface area contributed by atoms with E-state index in [1.54, 1.807) is 32.3 Å². The number of nitrogens with zero attached hydrogens (tertiary/aromatic N) is 1. The van der Waals surface area contributed by atoms with Gasteiger partial charge in [0.2, 0.25) is 0 Å². The lowest BCUT2D eigenvalue weighted by atomic mass is 9.81. The molecule has 0 aromatic heterocycles. The summed E-state index contributed by atoms with van der Waals surface area (Å²) in [6.07, 6.45) is 12.8. The number of esters is 1. The lowest BCUT2D eigenvalue weighted by Gasteiger charge is -2.44. The largest absolute Gasteiger partial charge is 0.489 e. The van der Waals surface area contributed by atoms with E-state index in [-0.39, 0.29) is 70.4 Å². The zero-order valence-corrected chi connectivity index (χ0v) is 48.5. The minimum Gasteiger partial charge on any atom is -0.489 e. The summed E-state index contributed by atoms with van der Waals surface area (Å²) in [5.41, 5.74) is 2.03. The summed E-state index contributed by atoms with van der Waals surface area (Å²) in [4.78, 5) is 46.1. The number of piperidine rings is 1. The van der Waals surface area contributed by atoms with E-state index >= 15 is 0 Å². The van der Waals surface area contributed by atoms with E-state index in [0.717, 1.165) is 49.7 Å². The Morgan fingerprint density at radius 3 is 1.96 bits per heavy atom. The van der Waals surface area contributed by atoms with E-state index in [9.17, 15) is 14.4 Å². The van der Waals surface area contributed by atoms with E-state index in [4.69, 9.17) is 32.5 Å². The molecule has 4 rings (SSSR count). The number of amides is 1. The molecule has 1 saturated carbocycles. The van der Waals surface area contributed by atoms with Crippen molar-refractivity contribution in [3.05, 3.63) is 47.8 Å². The highest BCUT2D eigenvalue weighted by atomic mass is 28.4. The number of hydrogen-bond donors (Lipinski definition) is 0. The normalized spacial score (nSPS) is 35.3. The average molecular weight is 1000 g/mol. The minimum absolute atomic E-state index is 0.00469.